The van der Waals surface area contributed by atoms with Crippen LogP contribution in [0, 0.1) is 17.8 Å². The topological polar surface area (TPSA) is 42.0 Å². The Labute approximate surface area is 102 Å². The van der Waals surface area contributed by atoms with Gasteiger partial charge in [0.1, 0.15) is 0 Å². The molecule has 1 aromatic heterocycles. The number of nitrogens with zero attached hydrogens (tertiary/aromatic N) is 1. The second-order valence-electron chi connectivity index (χ2n) is 5.32. The van der Waals surface area contributed by atoms with Gasteiger partial charge in [0.05, 0.1) is 12.2 Å². The van der Waals surface area contributed by atoms with E-state index in [1.165, 1.54) is 19.3 Å². The Bertz CT molecular complexity index is 404. The molecule has 3 nitrogen and oxygen atoms in total. The summed E-state index contributed by atoms with van der Waals surface area (Å²) in [7, 11) is 0. The number of aromatic nitrogens is 1. The molecule has 2 saturated carbocycles. The summed E-state index contributed by atoms with van der Waals surface area (Å²) < 4.78 is 0. The summed E-state index contributed by atoms with van der Waals surface area (Å²) in [6.45, 7) is 0.563. The van der Waals surface area contributed by atoms with Crippen molar-refractivity contribution in [2.45, 2.75) is 32.2 Å². The first kappa shape index (κ1) is 10.8. The van der Waals surface area contributed by atoms with Gasteiger partial charge in [0.15, 0.2) is 0 Å². The fourth-order valence-corrected chi connectivity index (χ4v) is 3.38. The van der Waals surface area contributed by atoms with Gasteiger partial charge < -0.3 is 5.32 Å². The molecule has 0 aromatic carbocycles. The minimum atomic E-state index is 0.239. The third-order valence-corrected chi connectivity index (χ3v) is 4.24. The zero-order valence-corrected chi connectivity index (χ0v) is 9.93. The van der Waals surface area contributed by atoms with E-state index < -0.39 is 0 Å². The zero-order chi connectivity index (χ0) is 11.7. The number of hydrogen-bond acceptors (Lipinski definition) is 2. The SMILES string of the molecule is O=C(NCc1ccccn1)[C@H]1C[C@H]2CC[C@H]1C2. The molecule has 0 saturated heterocycles. The van der Waals surface area contributed by atoms with Gasteiger partial charge in [-0.3, -0.25) is 9.78 Å². The number of carbonyl (C=O) groups excluding carboxylic acids is 1. The van der Waals surface area contributed by atoms with Gasteiger partial charge in [-0.25, -0.2) is 0 Å². The Morgan fingerprint density at radius 2 is 2.29 bits per heavy atom. The summed E-state index contributed by atoms with van der Waals surface area (Å²) in [4.78, 5) is 16.3. The van der Waals surface area contributed by atoms with E-state index in [0.29, 0.717) is 12.5 Å². The molecule has 1 amide bonds. The molecule has 2 bridgehead atoms. The van der Waals surface area contributed by atoms with Crippen molar-refractivity contribution < 1.29 is 4.79 Å². The molecule has 0 aliphatic heterocycles. The maximum atomic E-state index is 12.1. The number of amides is 1. The van der Waals surface area contributed by atoms with Crippen LogP contribution < -0.4 is 5.32 Å². The molecule has 2 fully saturated rings. The Hall–Kier alpha value is -1.38. The number of pyridine rings is 1. The normalized spacial score (nSPS) is 30.5. The molecule has 17 heavy (non-hydrogen) atoms. The van der Waals surface area contributed by atoms with Crippen LogP contribution in [0.5, 0.6) is 0 Å². The van der Waals surface area contributed by atoms with E-state index in [1.54, 1.807) is 6.20 Å². The van der Waals surface area contributed by atoms with Gasteiger partial charge in [0.2, 0.25) is 5.91 Å². The zero-order valence-electron chi connectivity index (χ0n) is 9.93. The second kappa shape index (κ2) is 4.47. The first-order chi connectivity index (χ1) is 8.33. The minimum absolute atomic E-state index is 0.239. The van der Waals surface area contributed by atoms with E-state index in [-0.39, 0.29) is 11.8 Å². The van der Waals surface area contributed by atoms with Gasteiger partial charge in [0.25, 0.3) is 0 Å². The number of nitrogens with one attached hydrogen (secondary N) is 1. The molecule has 1 heterocycles. The molecule has 2 aliphatic rings. The highest BCUT2D eigenvalue weighted by molar-refractivity contribution is 5.79. The summed E-state index contributed by atoms with van der Waals surface area (Å²) in [5.41, 5.74) is 0.934. The van der Waals surface area contributed by atoms with E-state index in [9.17, 15) is 4.79 Å². The molecule has 0 spiro atoms. The van der Waals surface area contributed by atoms with E-state index >= 15 is 0 Å². The molecular weight excluding hydrogens is 212 g/mol. The molecular formula is C14H18N2O. The summed E-state index contributed by atoms with van der Waals surface area (Å²) >= 11 is 0. The predicted octanol–water partition coefficient (Wildman–Crippen LogP) is 2.13. The average molecular weight is 230 g/mol. The molecule has 1 aromatic rings. The lowest BCUT2D eigenvalue weighted by molar-refractivity contribution is -0.126. The van der Waals surface area contributed by atoms with Crippen LogP contribution in [0.15, 0.2) is 24.4 Å². The number of fused-ring (bicyclic) bond motifs is 2. The van der Waals surface area contributed by atoms with Crippen molar-refractivity contribution in [2.75, 3.05) is 0 Å². The summed E-state index contributed by atoms with van der Waals surface area (Å²) in [5, 5.41) is 3.02. The van der Waals surface area contributed by atoms with Crippen molar-refractivity contribution >= 4 is 5.91 Å². The van der Waals surface area contributed by atoms with E-state index in [0.717, 1.165) is 18.0 Å². The van der Waals surface area contributed by atoms with Crippen molar-refractivity contribution in [1.29, 1.82) is 0 Å². The van der Waals surface area contributed by atoms with Crippen LogP contribution in [0.4, 0.5) is 0 Å². The fraction of sp³-hybridized carbons (Fsp3) is 0.571. The van der Waals surface area contributed by atoms with Crippen LogP contribution in [0.1, 0.15) is 31.4 Å². The summed E-state index contributed by atoms with van der Waals surface area (Å²) in [6, 6.07) is 5.79. The van der Waals surface area contributed by atoms with Gasteiger partial charge in [-0.05, 0) is 43.2 Å². The first-order valence-corrected chi connectivity index (χ1v) is 6.50. The highest BCUT2D eigenvalue weighted by Crippen LogP contribution is 2.48. The van der Waals surface area contributed by atoms with Crippen molar-refractivity contribution in [1.82, 2.24) is 10.3 Å². The third-order valence-electron chi connectivity index (χ3n) is 4.24. The lowest BCUT2D eigenvalue weighted by atomic mass is 9.88. The standard InChI is InChI=1S/C14H18N2O/c17-14(13-8-10-4-5-11(13)7-10)16-9-12-3-1-2-6-15-12/h1-3,6,10-11,13H,4-5,7-9H2,(H,16,17)/t10-,11-,13-/m0/s1. The quantitative estimate of drug-likeness (QED) is 0.864. The Morgan fingerprint density at radius 1 is 1.35 bits per heavy atom. The van der Waals surface area contributed by atoms with E-state index in [1.807, 2.05) is 18.2 Å². The fourth-order valence-electron chi connectivity index (χ4n) is 3.38. The maximum Gasteiger partial charge on any atom is 0.223 e. The largest absolute Gasteiger partial charge is 0.350 e. The van der Waals surface area contributed by atoms with Crippen molar-refractivity contribution in [2.24, 2.45) is 17.8 Å². The van der Waals surface area contributed by atoms with Gasteiger partial charge in [-0.1, -0.05) is 12.5 Å². The summed E-state index contributed by atoms with van der Waals surface area (Å²) in [6.07, 6.45) is 6.75. The molecule has 3 heteroatoms. The van der Waals surface area contributed by atoms with Crippen LogP contribution >= 0.6 is 0 Å². The van der Waals surface area contributed by atoms with Crippen LogP contribution in [0.3, 0.4) is 0 Å². The Balaban J connectivity index is 1.54. The van der Waals surface area contributed by atoms with Gasteiger partial charge in [-0.15, -0.1) is 0 Å². The lowest BCUT2D eigenvalue weighted by Crippen LogP contribution is -2.33. The monoisotopic (exact) mass is 230 g/mol. The molecule has 3 rings (SSSR count). The first-order valence-electron chi connectivity index (χ1n) is 6.50. The highest BCUT2D eigenvalue weighted by Gasteiger charge is 2.42. The molecule has 0 unspecified atom stereocenters. The van der Waals surface area contributed by atoms with E-state index in [2.05, 4.69) is 10.3 Å². The Morgan fingerprint density at radius 3 is 2.94 bits per heavy atom. The van der Waals surface area contributed by atoms with Crippen LogP contribution in [-0.4, -0.2) is 10.9 Å². The maximum absolute atomic E-state index is 12.1. The number of rotatable bonds is 3. The van der Waals surface area contributed by atoms with E-state index in [4.69, 9.17) is 0 Å². The minimum Gasteiger partial charge on any atom is -0.350 e. The van der Waals surface area contributed by atoms with Gasteiger partial charge in [-0.2, -0.15) is 0 Å². The molecule has 0 radical (unpaired) electrons. The van der Waals surface area contributed by atoms with Crippen LogP contribution in [0.25, 0.3) is 0 Å². The van der Waals surface area contributed by atoms with Crippen LogP contribution in [0.2, 0.25) is 0 Å². The van der Waals surface area contributed by atoms with Crippen molar-refractivity contribution in [3.8, 4) is 0 Å². The Kier molecular flexibility index (Phi) is 2.83. The average Bonchev–Trinajstić information content (AvgIpc) is 2.99. The second-order valence-corrected chi connectivity index (χ2v) is 5.32. The van der Waals surface area contributed by atoms with Gasteiger partial charge in [0, 0.05) is 12.1 Å². The smallest absolute Gasteiger partial charge is 0.223 e. The molecule has 1 N–H and O–H groups in total. The summed E-state index contributed by atoms with van der Waals surface area (Å²) in [5.74, 6) is 2.00. The van der Waals surface area contributed by atoms with Crippen molar-refractivity contribution in [3.63, 3.8) is 0 Å². The third kappa shape index (κ3) is 2.19. The predicted molar refractivity (Wildman–Crippen MR) is 65.0 cm³/mol. The van der Waals surface area contributed by atoms with Crippen molar-refractivity contribution in [3.05, 3.63) is 30.1 Å². The van der Waals surface area contributed by atoms with Gasteiger partial charge >= 0.3 is 0 Å². The lowest BCUT2D eigenvalue weighted by Gasteiger charge is -2.20. The highest BCUT2D eigenvalue weighted by atomic mass is 16.1. The molecule has 2 aliphatic carbocycles. The molecule has 90 valence electrons. The van der Waals surface area contributed by atoms with Crippen LogP contribution in [-0.2, 0) is 11.3 Å². The molecule has 3 atom stereocenters. The number of hydrogen-bond donors (Lipinski definition) is 1. The number of carbonyl (C=O) groups is 1.